The van der Waals surface area contributed by atoms with Crippen LogP contribution in [0.3, 0.4) is 0 Å². The summed E-state index contributed by atoms with van der Waals surface area (Å²) in [5.74, 6) is 0.470. The topological polar surface area (TPSA) is 76.4 Å². The zero-order valence-corrected chi connectivity index (χ0v) is 15.6. The first-order valence-corrected chi connectivity index (χ1v) is 11.0. The molecule has 0 saturated carbocycles. The van der Waals surface area contributed by atoms with E-state index >= 15 is 0 Å². The first-order valence-electron chi connectivity index (χ1n) is 6.53. The fourth-order valence-electron chi connectivity index (χ4n) is 1.64. The average Bonchev–Trinajstić information content (AvgIpc) is 2.59. The Hall–Kier alpha value is -1.84. The van der Waals surface area contributed by atoms with Crippen molar-refractivity contribution in [2.45, 2.75) is 5.51 Å². The Kier molecular flexibility index (Phi) is 5.91. The molecule has 0 aliphatic rings. The van der Waals surface area contributed by atoms with Crippen LogP contribution >= 0.6 is 20.2 Å². The summed E-state index contributed by atoms with van der Waals surface area (Å²) in [6.45, 7) is 0. The summed E-state index contributed by atoms with van der Waals surface area (Å²) in [5.41, 5.74) is -5.21. The summed E-state index contributed by atoms with van der Waals surface area (Å²) in [4.78, 5) is 0. The van der Waals surface area contributed by atoms with Crippen molar-refractivity contribution < 1.29 is 28.8 Å². The fourth-order valence-corrected chi connectivity index (χ4v) is 8.05. The van der Waals surface area contributed by atoms with Crippen LogP contribution in [0.5, 0.6) is 5.75 Å². The van der Waals surface area contributed by atoms with Crippen molar-refractivity contribution in [1.29, 1.82) is 5.26 Å². The van der Waals surface area contributed by atoms with Crippen molar-refractivity contribution in [3.63, 3.8) is 0 Å². The van der Waals surface area contributed by atoms with Crippen molar-refractivity contribution in [2.24, 2.45) is 0 Å². The molecule has 2 aromatic rings. The van der Waals surface area contributed by atoms with Crippen LogP contribution in [0.15, 0.2) is 48.5 Å². The monoisotopic (exact) mass is 485 g/mol. The van der Waals surface area contributed by atoms with Crippen LogP contribution in [-0.4, -0.2) is 21.0 Å². The van der Waals surface area contributed by atoms with Crippen molar-refractivity contribution in [1.82, 2.24) is 0 Å². The van der Waals surface area contributed by atoms with Crippen LogP contribution in [0.4, 0.5) is 13.2 Å². The number of ether oxygens (including phenoxy) is 1. The van der Waals surface area contributed by atoms with Crippen molar-refractivity contribution in [3.8, 4) is 11.8 Å². The molecule has 0 heterocycles. The maximum atomic E-state index is 12.7. The molecule has 0 unspecified atom stereocenters. The molecule has 134 valence electrons. The van der Waals surface area contributed by atoms with E-state index in [-0.39, 0.29) is 0 Å². The summed E-state index contributed by atoms with van der Waals surface area (Å²) < 4.78 is 71.3. The van der Waals surface area contributed by atoms with Crippen molar-refractivity contribution in [3.05, 3.63) is 61.2 Å². The van der Waals surface area contributed by atoms with Crippen LogP contribution in [0.25, 0.3) is 0 Å². The molecule has 25 heavy (non-hydrogen) atoms. The number of methoxy groups -OCH3 is 1. The van der Waals surface area contributed by atoms with Crippen LogP contribution in [0.2, 0.25) is 0 Å². The van der Waals surface area contributed by atoms with Gasteiger partial charge in [-0.3, -0.25) is 0 Å². The van der Waals surface area contributed by atoms with Gasteiger partial charge < -0.3 is 0 Å². The number of benzene rings is 2. The van der Waals surface area contributed by atoms with E-state index in [0.717, 1.165) is 0 Å². The van der Waals surface area contributed by atoms with Gasteiger partial charge in [0.15, 0.2) is 0 Å². The summed E-state index contributed by atoms with van der Waals surface area (Å²) in [6.07, 6.45) is 0. The Morgan fingerprint density at radius 3 is 1.88 bits per heavy atom. The molecular weight excluding hydrogens is 474 g/mol. The third-order valence-electron chi connectivity index (χ3n) is 2.85. The number of nitrogens with zero attached hydrogens (tertiary/aromatic N) is 1. The fraction of sp³-hybridized carbons (Fsp3) is 0.133. The molecule has 2 aromatic carbocycles. The van der Waals surface area contributed by atoms with Crippen LogP contribution in [-0.2, 0) is 12.6 Å². The summed E-state index contributed by atoms with van der Waals surface area (Å²) in [5, 5.41) is 8.81. The number of hydrogen-bond donors (Lipinski definition) is 0. The third kappa shape index (κ3) is 4.62. The minimum absolute atomic E-state index is 0.299. The van der Waals surface area contributed by atoms with Gasteiger partial charge in [0.25, 0.3) is 0 Å². The second-order valence-corrected chi connectivity index (χ2v) is 11.0. The Labute approximate surface area is 150 Å². The van der Waals surface area contributed by atoms with Crippen molar-refractivity contribution >= 4 is 30.4 Å². The Bertz CT molecular complexity index is 875. The SMILES string of the molecule is COc1ccc(I(OS(=O)(=O)C(F)(F)F)c2ccc(C#N)cc2)cc1. The second kappa shape index (κ2) is 7.59. The Morgan fingerprint density at radius 2 is 1.48 bits per heavy atom. The summed E-state index contributed by atoms with van der Waals surface area (Å²) in [6, 6.07) is 13.4. The molecule has 0 saturated heterocycles. The molecule has 5 nitrogen and oxygen atoms in total. The molecule has 0 bridgehead atoms. The van der Waals surface area contributed by atoms with Gasteiger partial charge in [-0.05, 0) is 0 Å². The van der Waals surface area contributed by atoms with E-state index in [1.54, 1.807) is 0 Å². The third-order valence-corrected chi connectivity index (χ3v) is 9.91. The van der Waals surface area contributed by atoms with E-state index < -0.39 is 35.9 Å². The molecule has 0 aliphatic heterocycles. The molecule has 0 atom stereocenters. The van der Waals surface area contributed by atoms with E-state index in [9.17, 15) is 21.6 Å². The number of nitriles is 1. The van der Waals surface area contributed by atoms with Gasteiger partial charge in [0, 0.05) is 0 Å². The van der Waals surface area contributed by atoms with Gasteiger partial charge >= 0.3 is 150 Å². The van der Waals surface area contributed by atoms with Crippen molar-refractivity contribution in [2.75, 3.05) is 7.11 Å². The normalized spacial score (nSPS) is 12.4. The molecule has 0 N–H and O–H groups in total. The number of alkyl halides is 3. The number of halogens is 4. The minimum atomic E-state index is -5.75. The van der Waals surface area contributed by atoms with E-state index in [2.05, 4.69) is 2.51 Å². The van der Waals surface area contributed by atoms with E-state index in [1.165, 1.54) is 55.6 Å². The van der Waals surface area contributed by atoms with Gasteiger partial charge in [0.1, 0.15) is 0 Å². The van der Waals surface area contributed by atoms with Gasteiger partial charge in [0.2, 0.25) is 0 Å². The molecular formula is C15H11F3INO4S. The molecule has 0 amide bonds. The molecule has 0 radical (unpaired) electrons. The van der Waals surface area contributed by atoms with Crippen LogP contribution in [0, 0.1) is 18.5 Å². The molecule has 2 rings (SSSR count). The Balaban J connectivity index is 2.48. The average molecular weight is 485 g/mol. The quantitative estimate of drug-likeness (QED) is 0.475. The van der Waals surface area contributed by atoms with Gasteiger partial charge in [-0.1, -0.05) is 0 Å². The van der Waals surface area contributed by atoms with Gasteiger partial charge in [-0.25, -0.2) is 0 Å². The molecule has 0 aliphatic carbocycles. The van der Waals surface area contributed by atoms with E-state index in [0.29, 0.717) is 18.5 Å². The summed E-state index contributed by atoms with van der Waals surface area (Å²) >= 11 is -3.43. The van der Waals surface area contributed by atoms with Gasteiger partial charge in [-0.2, -0.15) is 0 Å². The first-order chi connectivity index (χ1) is 11.7. The van der Waals surface area contributed by atoms with Crippen LogP contribution < -0.4 is 4.74 Å². The zero-order chi connectivity index (χ0) is 18.7. The molecule has 0 fully saturated rings. The van der Waals surface area contributed by atoms with Gasteiger partial charge in [-0.15, -0.1) is 0 Å². The van der Waals surface area contributed by atoms with Gasteiger partial charge in [0.05, 0.1) is 0 Å². The second-order valence-electron chi connectivity index (χ2n) is 4.49. The summed E-state index contributed by atoms with van der Waals surface area (Å²) in [7, 11) is -4.32. The number of rotatable bonds is 5. The number of hydrogen-bond acceptors (Lipinski definition) is 5. The predicted molar refractivity (Wildman–Crippen MR) is 91.6 cm³/mol. The Morgan fingerprint density at radius 1 is 1.00 bits per heavy atom. The van der Waals surface area contributed by atoms with E-state index in [1.807, 2.05) is 6.07 Å². The molecule has 10 heteroatoms. The zero-order valence-electron chi connectivity index (χ0n) is 12.6. The first kappa shape index (κ1) is 19.5. The molecule has 0 spiro atoms. The maximum absolute atomic E-state index is 12.7. The van der Waals surface area contributed by atoms with E-state index in [4.69, 9.17) is 10.00 Å². The van der Waals surface area contributed by atoms with Crippen LogP contribution in [0.1, 0.15) is 5.56 Å². The predicted octanol–water partition coefficient (Wildman–Crippen LogP) is 3.89. The standard InChI is InChI=1S/C15H11F3INO4S/c1-23-14-8-6-13(7-9-14)19(24-25(21,22)15(16,17)18)12-4-2-11(10-20)3-5-12/h2-9H,1H3. The molecule has 0 aromatic heterocycles.